The van der Waals surface area contributed by atoms with Gasteiger partial charge in [0.15, 0.2) is 0 Å². The fourth-order valence-electron chi connectivity index (χ4n) is 2.13. The topological polar surface area (TPSA) is 46.2 Å². The minimum absolute atomic E-state index is 0.0210. The largest absolute Gasteiger partial charge is 0.240 e. The van der Waals surface area contributed by atoms with E-state index in [9.17, 15) is 8.42 Å². The molecule has 1 atom stereocenters. The van der Waals surface area contributed by atoms with Gasteiger partial charge in [0.1, 0.15) is 0 Å². The van der Waals surface area contributed by atoms with Crippen LogP contribution in [0.5, 0.6) is 0 Å². The second kappa shape index (κ2) is 5.31. The van der Waals surface area contributed by atoms with Crippen LogP contribution in [0.15, 0.2) is 27.6 Å². The zero-order valence-electron chi connectivity index (χ0n) is 10.6. The first kappa shape index (κ1) is 14.0. The fraction of sp³-hybridized carbons (Fsp3) is 0.538. The van der Waals surface area contributed by atoms with E-state index in [1.807, 2.05) is 13.8 Å². The fourth-order valence-corrected chi connectivity index (χ4v) is 3.78. The van der Waals surface area contributed by atoms with Crippen molar-refractivity contribution in [3.63, 3.8) is 0 Å². The van der Waals surface area contributed by atoms with Crippen LogP contribution in [0.3, 0.4) is 0 Å². The van der Waals surface area contributed by atoms with Crippen LogP contribution >= 0.6 is 15.9 Å². The summed E-state index contributed by atoms with van der Waals surface area (Å²) >= 11 is 3.38. The lowest BCUT2D eigenvalue weighted by Gasteiger charge is -2.31. The molecule has 0 spiro atoms. The Morgan fingerprint density at radius 2 is 2.06 bits per heavy atom. The normalized spacial score (nSPS) is 18.4. The van der Waals surface area contributed by atoms with E-state index in [4.69, 9.17) is 0 Å². The summed E-state index contributed by atoms with van der Waals surface area (Å²) in [6.07, 6.45) is 3.47. The van der Waals surface area contributed by atoms with Crippen molar-refractivity contribution >= 4 is 26.0 Å². The average Bonchev–Trinajstić information content (AvgIpc) is 2.18. The Balaban J connectivity index is 2.16. The second-order valence-electron chi connectivity index (χ2n) is 5.01. The number of halogens is 1. The van der Waals surface area contributed by atoms with Crippen LogP contribution in [0.25, 0.3) is 0 Å². The van der Waals surface area contributed by atoms with Gasteiger partial charge in [-0.2, -0.15) is 0 Å². The molecule has 100 valence electrons. The molecule has 18 heavy (non-hydrogen) atoms. The molecule has 1 aromatic rings. The van der Waals surface area contributed by atoms with Crippen molar-refractivity contribution in [1.29, 1.82) is 0 Å². The molecule has 0 aliphatic heterocycles. The van der Waals surface area contributed by atoms with Crippen LogP contribution in [0.2, 0.25) is 0 Å². The van der Waals surface area contributed by atoms with Crippen molar-refractivity contribution in [1.82, 2.24) is 4.72 Å². The molecule has 1 aliphatic carbocycles. The van der Waals surface area contributed by atoms with Crippen LogP contribution < -0.4 is 4.72 Å². The molecular formula is C13H18BrNO2S. The molecule has 0 aromatic heterocycles. The van der Waals surface area contributed by atoms with Gasteiger partial charge in [-0.25, -0.2) is 13.1 Å². The number of hydrogen-bond acceptors (Lipinski definition) is 2. The van der Waals surface area contributed by atoms with Crippen LogP contribution in [0, 0.1) is 12.8 Å². The predicted molar refractivity (Wildman–Crippen MR) is 76.0 cm³/mol. The molecule has 3 nitrogen and oxygen atoms in total. The lowest BCUT2D eigenvalue weighted by atomic mass is 9.81. The number of sulfonamides is 1. The van der Waals surface area contributed by atoms with Gasteiger partial charge >= 0.3 is 0 Å². The summed E-state index contributed by atoms with van der Waals surface area (Å²) in [5.74, 6) is 0.497. The third-order valence-electron chi connectivity index (χ3n) is 3.64. The highest BCUT2D eigenvalue weighted by Gasteiger charge is 2.27. The highest BCUT2D eigenvalue weighted by Crippen LogP contribution is 2.30. The van der Waals surface area contributed by atoms with Gasteiger partial charge < -0.3 is 0 Å². The van der Waals surface area contributed by atoms with Gasteiger partial charge in [-0.05, 0) is 56.4 Å². The molecule has 1 N–H and O–H groups in total. The number of hydrogen-bond donors (Lipinski definition) is 1. The zero-order valence-corrected chi connectivity index (χ0v) is 13.0. The summed E-state index contributed by atoms with van der Waals surface area (Å²) in [4.78, 5) is 0.342. The molecule has 1 saturated carbocycles. The van der Waals surface area contributed by atoms with E-state index in [-0.39, 0.29) is 6.04 Å². The number of nitrogens with one attached hydrogen (secondary N) is 1. The van der Waals surface area contributed by atoms with E-state index in [0.717, 1.165) is 22.9 Å². The Morgan fingerprint density at radius 1 is 1.39 bits per heavy atom. The molecular weight excluding hydrogens is 314 g/mol. The number of benzene rings is 1. The summed E-state index contributed by atoms with van der Waals surface area (Å²) < 4.78 is 28.2. The Kier molecular flexibility index (Phi) is 4.14. The Labute approximate surface area is 117 Å². The van der Waals surface area contributed by atoms with Crippen molar-refractivity contribution in [2.24, 2.45) is 5.92 Å². The molecule has 0 heterocycles. The van der Waals surface area contributed by atoms with Crippen molar-refractivity contribution < 1.29 is 8.42 Å². The summed E-state index contributed by atoms with van der Waals surface area (Å²) in [6.45, 7) is 3.84. The van der Waals surface area contributed by atoms with Gasteiger partial charge in [-0.15, -0.1) is 0 Å². The lowest BCUT2D eigenvalue weighted by Crippen LogP contribution is -2.40. The van der Waals surface area contributed by atoms with E-state index >= 15 is 0 Å². The molecule has 1 aliphatic rings. The summed E-state index contributed by atoms with van der Waals surface area (Å²) in [7, 11) is -3.39. The first-order valence-corrected chi connectivity index (χ1v) is 8.46. The van der Waals surface area contributed by atoms with Gasteiger partial charge in [-0.3, -0.25) is 0 Å². The van der Waals surface area contributed by atoms with Gasteiger partial charge in [0.05, 0.1) is 4.90 Å². The van der Waals surface area contributed by atoms with Crippen LogP contribution in [-0.4, -0.2) is 14.5 Å². The van der Waals surface area contributed by atoms with E-state index in [1.54, 1.807) is 18.2 Å². The molecule has 0 saturated heterocycles. The zero-order chi connectivity index (χ0) is 13.3. The SMILES string of the molecule is Cc1cc(S(=O)(=O)NC(C)C2CCC2)ccc1Br. The minimum Gasteiger partial charge on any atom is -0.208 e. The van der Waals surface area contributed by atoms with Gasteiger partial charge in [0.2, 0.25) is 10.0 Å². The maximum Gasteiger partial charge on any atom is 0.240 e. The Hall–Kier alpha value is -0.390. The van der Waals surface area contributed by atoms with Crippen LogP contribution in [0.4, 0.5) is 0 Å². The summed E-state index contributed by atoms with van der Waals surface area (Å²) in [5, 5.41) is 0. The maximum absolute atomic E-state index is 12.2. The van der Waals surface area contributed by atoms with Crippen molar-refractivity contribution in [2.75, 3.05) is 0 Å². The van der Waals surface area contributed by atoms with Crippen molar-refractivity contribution in [2.45, 2.75) is 44.0 Å². The molecule has 1 fully saturated rings. The van der Waals surface area contributed by atoms with Crippen molar-refractivity contribution in [3.8, 4) is 0 Å². The monoisotopic (exact) mass is 331 g/mol. The third kappa shape index (κ3) is 2.95. The number of aryl methyl sites for hydroxylation is 1. The predicted octanol–water partition coefficient (Wildman–Crippen LogP) is 3.22. The Bertz CT molecular complexity index is 538. The van der Waals surface area contributed by atoms with E-state index < -0.39 is 10.0 Å². The van der Waals surface area contributed by atoms with Crippen LogP contribution in [0.1, 0.15) is 31.7 Å². The van der Waals surface area contributed by atoms with Crippen LogP contribution in [-0.2, 0) is 10.0 Å². The maximum atomic E-state index is 12.2. The smallest absolute Gasteiger partial charge is 0.208 e. The van der Waals surface area contributed by atoms with E-state index in [0.29, 0.717) is 10.8 Å². The first-order valence-electron chi connectivity index (χ1n) is 6.18. The molecule has 5 heteroatoms. The van der Waals surface area contributed by atoms with E-state index in [2.05, 4.69) is 20.7 Å². The van der Waals surface area contributed by atoms with Gasteiger partial charge in [0.25, 0.3) is 0 Å². The molecule has 1 unspecified atom stereocenters. The number of rotatable bonds is 4. The molecule has 2 rings (SSSR count). The highest BCUT2D eigenvalue weighted by molar-refractivity contribution is 9.10. The summed E-state index contributed by atoms with van der Waals surface area (Å²) in [5.41, 5.74) is 0.925. The molecule has 0 bridgehead atoms. The molecule has 0 radical (unpaired) electrons. The van der Waals surface area contributed by atoms with E-state index in [1.165, 1.54) is 6.42 Å². The van der Waals surface area contributed by atoms with Crippen molar-refractivity contribution in [3.05, 3.63) is 28.2 Å². The Morgan fingerprint density at radius 3 is 2.56 bits per heavy atom. The molecule has 1 aromatic carbocycles. The third-order valence-corrected chi connectivity index (χ3v) is 6.08. The average molecular weight is 332 g/mol. The van der Waals surface area contributed by atoms with Gasteiger partial charge in [-0.1, -0.05) is 22.4 Å². The lowest BCUT2D eigenvalue weighted by molar-refractivity contribution is 0.260. The second-order valence-corrected chi connectivity index (χ2v) is 7.58. The highest BCUT2D eigenvalue weighted by atomic mass is 79.9. The minimum atomic E-state index is -3.39. The van der Waals surface area contributed by atoms with Gasteiger partial charge in [0, 0.05) is 10.5 Å². The standard InChI is InChI=1S/C13H18BrNO2S/c1-9-8-12(6-7-13(9)14)18(16,17)15-10(2)11-4-3-5-11/h6-8,10-11,15H,3-5H2,1-2H3. The molecule has 0 amide bonds. The quantitative estimate of drug-likeness (QED) is 0.920. The summed E-state index contributed by atoms with van der Waals surface area (Å²) in [6, 6.07) is 5.12. The first-order chi connectivity index (χ1) is 8.40.